The number of rotatable bonds is 2. The molecule has 1 aromatic rings. The Labute approximate surface area is 139 Å². The molecule has 1 heterocycles. The average molecular weight is 316 g/mol. The van der Waals surface area contributed by atoms with Gasteiger partial charge in [-0.25, -0.2) is 4.79 Å². The van der Waals surface area contributed by atoms with Gasteiger partial charge in [-0.15, -0.1) is 0 Å². The summed E-state index contributed by atoms with van der Waals surface area (Å²) in [6.07, 6.45) is 2.38. The summed E-state index contributed by atoms with van der Waals surface area (Å²) in [6.45, 7) is 9.61. The Morgan fingerprint density at radius 2 is 1.78 bits per heavy atom. The Morgan fingerprint density at radius 1 is 1.13 bits per heavy atom. The van der Waals surface area contributed by atoms with Crippen molar-refractivity contribution in [3.63, 3.8) is 0 Å². The van der Waals surface area contributed by atoms with Crippen LogP contribution in [0.1, 0.15) is 52.1 Å². The van der Waals surface area contributed by atoms with E-state index in [0.717, 1.165) is 13.1 Å². The van der Waals surface area contributed by atoms with Crippen molar-refractivity contribution in [2.45, 2.75) is 64.3 Å². The van der Waals surface area contributed by atoms with E-state index in [1.54, 1.807) is 0 Å². The molecule has 23 heavy (non-hydrogen) atoms. The molecule has 0 aromatic heterocycles. The molecule has 126 valence electrons. The summed E-state index contributed by atoms with van der Waals surface area (Å²) in [5.74, 6) is 0. The highest BCUT2D eigenvalue weighted by atomic mass is 16.6. The van der Waals surface area contributed by atoms with Gasteiger partial charge in [-0.3, -0.25) is 9.80 Å². The first-order valence-electron chi connectivity index (χ1n) is 8.65. The van der Waals surface area contributed by atoms with Gasteiger partial charge in [0.1, 0.15) is 5.60 Å². The van der Waals surface area contributed by atoms with E-state index in [9.17, 15) is 4.79 Å². The molecule has 1 saturated carbocycles. The largest absolute Gasteiger partial charge is 0.444 e. The van der Waals surface area contributed by atoms with Crippen LogP contribution in [0.15, 0.2) is 30.3 Å². The van der Waals surface area contributed by atoms with Gasteiger partial charge < -0.3 is 4.74 Å². The smallest absolute Gasteiger partial charge is 0.410 e. The molecule has 1 saturated heterocycles. The monoisotopic (exact) mass is 316 g/mol. The predicted octanol–water partition coefficient (Wildman–Crippen LogP) is 3.83. The van der Waals surface area contributed by atoms with E-state index in [0.29, 0.717) is 12.1 Å². The fourth-order valence-electron chi connectivity index (χ4n) is 3.39. The van der Waals surface area contributed by atoms with Crippen LogP contribution in [0.25, 0.3) is 0 Å². The molecular weight excluding hydrogens is 288 g/mol. The van der Waals surface area contributed by atoms with Crippen molar-refractivity contribution in [1.82, 2.24) is 9.80 Å². The Hall–Kier alpha value is -1.55. The number of amides is 1. The predicted molar refractivity (Wildman–Crippen MR) is 91.3 cm³/mol. The van der Waals surface area contributed by atoms with Crippen LogP contribution in [0.2, 0.25) is 0 Å². The number of benzene rings is 1. The van der Waals surface area contributed by atoms with Crippen LogP contribution < -0.4 is 0 Å². The van der Waals surface area contributed by atoms with Gasteiger partial charge in [-0.05, 0) is 46.1 Å². The molecule has 1 amide bonds. The van der Waals surface area contributed by atoms with Crippen molar-refractivity contribution in [1.29, 1.82) is 0 Å². The molecule has 2 atom stereocenters. The number of hydrogen-bond acceptors (Lipinski definition) is 3. The van der Waals surface area contributed by atoms with Crippen LogP contribution in [0.3, 0.4) is 0 Å². The summed E-state index contributed by atoms with van der Waals surface area (Å²) in [7, 11) is 0. The van der Waals surface area contributed by atoms with E-state index < -0.39 is 5.60 Å². The lowest BCUT2D eigenvalue weighted by Crippen LogP contribution is -2.56. The number of ether oxygens (including phenoxy) is 1. The van der Waals surface area contributed by atoms with E-state index in [4.69, 9.17) is 4.74 Å². The third kappa shape index (κ3) is 3.86. The van der Waals surface area contributed by atoms with Crippen molar-refractivity contribution >= 4 is 6.09 Å². The first-order chi connectivity index (χ1) is 10.8. The second-order valence-corrected chi connectivity index (χ2v) is 7.84. The molecule has 2 aliphatic rings. The summed E-state index contributed by atoms with van der Waals surface area (Å²) in [4.78, 5) is 17.2. The van der Waals surface area contributed by atoms with Crippen LogP contribution in [-0.2, 0) is 4.74 Å². The zero-order valence-electron chi connectivity index (χ0n) is 14.7. The maximum Gasteiger partial charge on any atom is 0.410 e. The molecular formula is C19H28N2O2. The van der Waals surface area contributed by atoms with Crippen molar-refractivity contribution < 1.29 is 9.53 Å². The van der Waals surface area contributed by atoms with Gasteiger partial charge in [0.15, 0.2) is 0 Å². The summed E-state index contributed by atoms with van der Waals surface area (Å²) < 4.78 is 5.66. The SMILES string of the molecule is CC1CN(C(=O)OC(C)(C)C)C(c2ccccc2)CN1C1CC1. The van der Waals surface area contributed by atoms with Gasteiger partial charge in [-0.1, -0.05) is 30.3 Å². The second kappa shape index (κ2) is 6.16. The average Bonchev–Trinajstić information content (AvgIpc) is 3.30. The maximum atomic E-state index is 12.7. The third-order valence-electron chi connectivity index (χ3n) is 4.62. The van der Waals surface area contributed by atoms with Crippen molar-refractivity contribution in [3.8, 4) is 0 Å². The first kappa shape index (κ1) is 16.3. The Morgan fingerprint density at radius 3 is 2.35 bits per heavy atom. The number of piperazine rings is 1. The molecule has 1 aromatic carbocycles. The number of hydrogen-bond donors (Lipinski definition) is 0. The summed E-state index contributed by atoms with van der Waals surface area (Å²) in [5, 5.41) is 0. The van der Waals surface area contributed by atoms with Gasteiger partial charge in [0.25, 0.3) is 0 Å². The maximum absolute atomic E-state index is 12.7. The van der Waals surface area contributed by atoms with Crippen molar-refractivity contribution in [2.24, 2.45) is 0 Å². The van der Waals surface area contributed by atoms with Gasteiger partial charge in [-0.2, -0.15) is 0 Å². The number of carbonyl (C=O) groups is 1. The molecule has 2 fully saturated rings. The van der Waals surface area contributed by atoms with Crippen molar-refractivity contribution in [3.05, 3.63) is 35.9 Å². The molecule has 0 radical (unpaired) electrons. The molecule has 0 N–H and O–H groups in total. The Bertz CT molecular complexity index is 548. The molecule has 2 unspecified atom stereocenters. The van der Waals surface area contributed by atoms with Crippen LogP contribution in [0.4, 0.5) is 4.79 Å². The molecule has 0 bridgehead atoms. The van der Waals surface area contributed by atoms with Gasteiger partial charge in [0, 0.05) is 25.2 Å². The zero-order chi connectivity index (χ0) is 16.6. The lowest BCUT2D eigenvalue weighted by Gasteiger charge is -2.45. The van der Waals surface area contributed by atoms with Crippen LogP contribution in [0.5, 0.6) is 0 Å². The van der Waals surface area contributed by atoms with E-state index >= 15 is 0 Å². The standard InChI is InChI=1S/C19H28N2O2/c1-14-12-21(18(22)23-19(2,3)4)17(13-20(14)16-10-11-16)15-8-6-5-7-9-15/h5-9,14,16-17H,10-13H2,1-4H3. The van der Waals surface area contributed by atoms with Crippen LogP contribution in [-0.4, -0.2) is 46.7 Å². The summed E-state index contributed by atoms with van der Waals surface area (Å²) in [5.41, 5.74) is 0.728. The Balaban J connectivity index is 1.84. The highest BCUT2D eigenvalue weighted by molar-refractivity contribution is 5.69. The molecule has 1 aliphatic heterocycles. The second-order valence-electron chi connectivity index (χ2n) is 7.84. The normalized spacial score (nSPS) is 26.2. The fourth-order valence-corrected chi connectivity index (χ4v) is 3.39. The summed E-state index contributed by atoms with van der Waals surface area (Å²) in [6, 6.07) is 11.5. The van der Waals surface area contributed by atoms with Crippen LogP contribution in [0, 0.1) is 0 Å². The lowest BCUT2D eigenvalue weighted by molar-refractivity contribution is -0.0160. The molecule has 3 rings (SSSR count). The lowest BCUT2D eigenvalue weighted by atomic mass is 10.00. The van der Waals surface area contributed by atoms with E-state index in [2.05, 4.69) is 24.0 Å². The zero-order valence-corrected chi connectivity index (χ0v) is 14.7. The van der Waals surface area contributed by atoms with Crippen LogP contribution >= 0.6 is 0 Å². The summed E-state index contributed by atoms with van der Waals surface area (Å²) >= 11 is 0. The number of nitrogens with zero attached hydrogens (tertiary/aromatic N) is 2. The van der Waals surface area contributed by atoms with E-state index in [-0.39, 0.29) is 12.1 Å². The minimum absolute atomic E-state index is 0.0721. The molecule has 4 nitrogen and oxygen atoms in total. The first-order valence-corrected chi connectivity index (χ1v) is 8.65. The van der Waals surface area contributed by atoms with E-state index in [1.165, 1.54) is 18.4 Å². The van der Waals surface area contributed by atoms with Gasteiger partial charge in [0.2, 0.25) is 0 Å². The minimum Gasteiger partial charge on any atom is -0.444 e. The van der Waals surface area contributed by atoms with Gasteiger partial charge in [0.05, 0.1) is 6.04 Å². The third-order valence-corrected chi connectivity index (χ3v) is 4.62. The van der Waals surface area contributed by atoms with Crippen molar-refractivity contribution in [2.75, 3.05) is 13.1 Å². The minimum atomic E-state index is -0.463. The topological polar surface area (TPSA) is 32.8 Å². The van der Waals surface area contributed by atoms with Gasteiger partial charge >= 0.3 is 6.09 Å². The highest BCUT2D eigenvalue weighted by Gasteiger charge is 2.42. The fraction of sp³-hybridized carbons (Fsp3) is 0.632. The quantitative estimate of drug-likeness (QED) is 0.831. The Kier molecular flexibility index (Phi) is 4.37. The van der Waals surface area contributed by atoms with E-state index in [1.807, 2.05) is 43.9 Å². The molecule has 4 heteroatoms. The number of carbonyl (C=O) groups excluding carboxylic acids is 1. The molecule has 0 spiro atoms. The highest BCUT2D eigenvalue weighted by Crippen LogP contribution is 2.36. The molecule has 1 aliphatic carbocycles.